The molecule has 0 heteroatoms. The van der Waals surface area contributed by atoms with E-state index in [1.54, 1.807) is 0 Å². The number of benzene rings is 2. The highest BCUT2D eigenvalue weighted by molar-refractivity contribution is 5.42. The minimum absolute atomic E-state index is 0.0142. The van der Waals surface area contributed by atoms with E-state index in [-0.39, 0.29) is 16.2 Å². The molecule has 0 amide bonds. The van der Waals surface area contributed by atoms with Gasteiger partial charge < -0.3 is 0 Å². The van der Waals surface area contributed by atoms with Crippen molar-refractivity contribution in [1.29, 1.82) is 0 Å². The molecule has 0 fully saturated rings. The van der Waals surface area contributed by atoms with Crippen LogP contribution >= 0.6 is 0 Å². The highest BCUT2D eigenvalue weighted by Crippen LogP contribution is 2.41. The molecule has 0 aliphatic rings. The lowest BCUT2D eigenvalue weighted by molar-refractivity contribution is 0.132. The highest BCUT2D eigenvalue weighted by atomic mass is 14.4. The van der Waals surface area contributed by atoms with Gasteiger partial charge in [-0.3, -0.25) is 0 Å². The van der Waals surface area contributed by atoms with Gasteiger partial charge in [-0.25, -0.2) is 0 Å². The van der Waals surface area contributed by atoms with Crippen molar-refractivity contribution in [3.8, 4) is 0 Å². The standard InChI is InChI=1S/C25H36/c1-18-10-12-21(13-11-18)25(8,9)22-15-19(2)14-20(16-22)17-24(6,7)23(3,4)5/h10-16H,17H2,1-9H3. The minimum atomic E-state index is 0.0142. The number of aryl methyl sites for hydroxylation is 2. The summed E-state index contributed by atoms with van der Waals surface area (Å²) in [6.45, 7) is 20.9. The molecule has 0 radical (unpaired) electrons. The second-order valence-electron chi connectivity index (χ2n) is 10.0. The van der Waals surface area contributed by atoms with Gasteiger partial charge in [-0.2, -0.15) is 0 Å². The summed E-state index contributed by atoms with van der Waals surface area (Å²) < 4.78 is 0. The summed E-state index contributed by atoms with van der Waals surface area (Å²) in [5, 5.41) is 0. The van der Waals surface area contributed by atoms with Crippen LogP contribution in [0, 0.1) is 24.7 Å². The van der Waals surface area contributed by atoms with Gasteiger partial charge in [-0.05, 0) is 47.8 Å². The third-order valence-electron chi connectivity index (χ3n) is 6.31. The van der Waals surface area contributed by atoms with Crippen molar-refractivity contribution in [2.75, 3.05) is 0 Å². The SMILES string of the molecule is Cc1ccc(C(C)(C)c2cc(C)cc(CC(C)(C)C(C)(C)C)c2)cc1. The average molecular weight is 337 g/mol. The first-order valence-corrected chi connectivity index (χ1v) is 9.51. The number of hydrogen-bond donors (Lipinski definition) is 0. The van der Waals surface area contributed by atoms with Gasteiger partial charge in [0.15, 0.2) is 0 Å². The Kier molecular flexibility index (Phi) is 5.24. The van der Waals surface area contributed by atoms with E-state index >= 15 is 0 Å². The first-order chi connectivity index (χ1) is 11.3. The lowest BCUT2D eigenvalue weighted by atomic mass is 9.66. The van der Waals surface area contributed by atoms with Crippen molar-refractivity contribution < 1.29 is 0 Å². The van der Waals surface area contributed by atoms with Gasteiger partial charge in [-0.1, -0.05) is 102 Å². The molecule has 0 unspecified atom stereocenters. The van der Waals surface area contributed by atoms with E-state index in [1.165, 1.54) is 27.8 Å². The van der Waals surface area contributed by atoms with Crippen molar-refractivity contribution >= 4 is 0 Å². The third-order valence-corrected chi connectivity index (χ3v) is 6.31. The van der Waals surface area contributed by atoms with E-state index in [9.17, 15) is 0 Å². The number of rotatable bonds is 4. The monoisotopic (exact) mass is 336 g/mol. The van der Waals surface area contributed by atoms with Crippen molar-refractivity contribution in [3.05, 3.63) is 70.3 Å². The van der Waals surface area contributed by atoms with Crippen molar-refractivity contribution in [3.63, 3.8) is 0 Å². The summed E-state index contributed by atoms with van der Waals surface area (Å²) in [6.07, 6.45) is 1.11. The topological polar surface area (TPSA) is 0 Å². The fraction of sp³-hybridized carbons (Fsp3) is 0.520. The fourth-order valence-electron chi connectivity index (χ4n) is 3.24. The van der Waals surface area contributed by atoms with Crippen LogP contribution in [-0.4, -0.2) is 0 Å². The predicted octanol–water partition coefficient (Wildman–Crippen LogP) is 7.24. The molecule has 25 heavy (non-hydrogen) atoms. The molecule has 0 N–H and O–H groups in total. The Balaban J connectivity index is 2.43. The molecular formula is C25H36. The Morgan fingerprint density at radius 3 is 1.72 bits per heavy atom. The van der Waals surface area contributed by atoms with Crippen LogP contribution in [0.5, 0.6) is 0 Å². The van der Waals surface area contributed by atoms with Crippen LogP contribution in [0.3, 0.4) is 0 Å². The van der Waals surface area contributed by atoms with Crippen LogP contribution in [-0.2, 0) is 11.8 Å². The molecule has 0 bridgehead atoms. The normalized spacial score (nSPS) is 13.2. The van der Waals surface area contributed by atoms with Gasteiger partial charge in [0.05, 0.1) is 0 Å². The molecule has 0 atom stereocenters. The summed E-state index contributed by atoms with van der Waals surface area (Å²) in [4.78, 5) is 0. The molecule has 2 rings (SSSR count). The Hall–Kier alpha value is -1.56. The largest absolute Gasteiger partial charge is 0.0597 e. The zero-order valence-corrected chi connectivity index (χ0v) is 17.7. The molecule has 0 aliphatic heterocycles. The summed E-state index contributed by atoms with van der Waals surface area (Å²) in [5.74, 6) is 0. The quantitative estimate of drug-likeness (QED) is 0.552. The van der Waals surface area contributed by atoms with Crippen LogP contribution in [0.4, 0.5) is 0 Å². The second kappa shape index (κ2) is 6.63. The summed E-state index contributed by atoms with van der Waals surface area (Å²) in [6, 6.07) is 16.1. The third kappa shape index (κ3) is 4.35. The van der Waals surface area contributed by atoms with Gasteiger partial charge in [0.1, 0.15) is 0 Å². The minimum Gasteiger partial charge on any atom is -0.0597 e. The molecule has 0 heterocycles. The Labute approximate surface area is 155 Å². The van der Waals surface area contributed by atoms with E-state index in [4.69, 9.17) is 0 Å². The first kappa shape index (κ1) is 19.8. The Morgan fingerprint density at radius 2 is 1.20 bits per heavy atom. The van der Waals surface area contributed by atoms with Crippen molar-refractivity contribution in [2.45, 2.75) is 74.1 Å². The van der Waals surface area contributed by atoms with E-state index < -0.39 is 0 Å². The maximum Gasteiger partial charge on any atom is 0.0146 e. The molecular weight excluding hydrogens is 300 g/mol. The Morgan fingerprint density at radius 1 is 0.640 bits per heavy atom. The van der Waals surface area contributed by atoms with Gasteiger partial charge in [-0.15, -0.1) is 0 Å². The van der Waals surface area contributed by atoms with Crippen LogP contribution in [0.2, 0.25) is 0 Å². The van der Waals surface area contributed by atoms with Crippen LogP contribution in [0.15, 0.2) is 42.5 Å². The summed E-state index contributed by atoms with van der Waals surface area (Å²) in [7, 11) is 0. The zero-order chi connectivity index (χ0) is 19.0. The molecule has 2 aromatic rings. The predicted molar refractivity (Wildman–Crippen MR) is 111 cm³/mol. The van der Waals surface area contributed by atoms with Crippen molar-refractivity contribution in [2.24, 2.45) is 10.8 Å². The smallest absolute Gasteiger partial charge is 0.0146 e. The van der Waals surface area contributed by atoms with E-state index in [2.05, 4.69) is 105 Å². The molecule has 136 valence electrons. The van der Waals surface area contributed by atoms with E-state index in [1.807, 2.05) is 0 Å². The fourth-order valence-corrected chi connectivity index (χ4v) is 3.24. The molecule has 2 aromatic carbocycles. The lowest BCUT2D eigenvalue weighted by Gasteiger charge is -2.39. The first-order valence-electron chi connectivity index (χ1n) is 9.51. The zero-order valence-electron chi connectivity index (χ0n) is 17.7. The van der Waals surface area contributed by atoms with Crippen LogP contribution in [0.25, 0.3) is 0 Å². The van der Waals surface area contributed by atoms with Crippen molar-refractivity contribution in [1.82, 2.24) is 0 Å². The molecule has 0 nitrogen and oxygen atoms in total. The molecule has 0 saturated carbocycles. The van der Waals surface area contributed by atoms with E-state index in [0.29, 0.717) is 0 Å². The van der Waals surface area contributed by atoms with Gasteiger partial charge in [0.2, 0.25) is 0 Å². The molecule has 0 spiro atoms. The maximum atomic E-state index is 2.43. The second-order valence-corrected chi connectivity index (χ2v) is 10.0. The van der Waals surface area contributed by atoms with Gasteiger partial charge >= 0.3 is 0 Å². The number of hydrogen-bond acceptors (Lipinski definition) is 0. The molecule has 0 aliphatic carbocycles. The lowest BCUT2D eigenvalue weighted by Crippen LogP contribution is -2.32. The molecule has 0 saturated heterocycles. The maximum absolute atomic E-state index is 2.43. The summed E-state index contributed by atoms with van der Waals surface area (Å²) in [5.41, 5.74) is 7.47. The van der Waals surface area contributed by atoms with Crippen LogP contribution < -0.4 is 0 Å². The van der Waals surface area contributed by atoms with Crippen LogP contribution in [0.1, 0.15) is 76.3 Å². The van der Waals surface area contributed by atoms with E-state index in [0.717, 1.165) is 6.42 Å². The van der Waals surface area contributed by atoms with Gasteiger partial charge in [0, 0.05) is 5.41 Å². The highest BCUT2D eigenvalue weighted by Gasteiger charge is 2.33. The Bertz CT molecular complexity index is 722. The average Bonchev–Trinajstić information content (AvgIpc) is 2.45. The molecule has 0 aromatic heterocycles. The summed E-state index contributed by atoms with van der Waals surface area (Å²) >= 11 is 0. The van der Waals surface area contributed by atoms with Gasteiger partial charge in [0.25, 0.3) is 0 Å².